The highest BCUT2D eigenvalue weighted by molar-refractivity contribution is 6.03. The molecule has 0 atom stereocenters. The molecule has 3 aromatic heterocycles. The highest BCUT2D eigenvalue weighted by Gasteiger charge is 2.17. The first-order valence-electron chi connectivity index (χ1n) is 9.13. The number of rotatable bonds is 2. The van der Waals surface area contributed by atoms with Crippen LogP contribution in [-0.2, 0) is 0 Å². The summed E-state index contributed by atoms with van der Waals surface area (Å²) in [4.78, 5) is 8.96. The molecule has 2 aromatic carbocycles. The van der Waals surface area contributed by atoms with Crippen molar-refractivity contribution in [2.75, 3.05) is 0 Å². The molecule has 5 aromatic rings. The van der Waals surface area contributed by atoms with E-state index in [0.717, 1.165) is 22.0 Å². The summed E-state index contributed by atoms with van der Waals surface area (Å²) in [5.41, 5.74) is 5.14. The third-order valence-electron chi connectivity index (χ3n) is 4.70. The van der Waals surface area contributed by atoms with E-state index >= 15 is 0 Å². The molecule has 0 unspecified atom stereocenters. The molecule has 0 N–H and O–H groups in total. The summed E-state index contributed by atoms with van der Waals surface area (Å²) in [6, 6.07) is 17.9. The minimum absolute atomic E-state index is 0.0588. The van der Waals surface area contributed by atoms with Gasteiger partial charge in [-0.25, -0.2) is 9.37 Å². The number of benzene rings is 2. The lowest BCUT2D eigenvalue weighted by Crippen LogP contribution is -1.94. The van der Waals surface area contributed by atoms with Crippen LogP contribution in [0.5, 0.6) is 0 Å². The van der Waals surface area contributed by atoms with Crippen molar-refractivity contribution in [1.82, 2.24) is 9.97 Å². The van der Waals surface area contributed by atoms with Crippen molar-refractivity contribution in [2.45, 2.75) is 6.92 Å². The second-order valence-electron chi connectivity index (χ2n) is 6.42. The van der Waals surface area contributed by atoms with Crippen LogP contribution >= 0.6 is 0 Å². The molecule has 0 fully saturated rings. The number of fused-ring (bicyclic) bond motifs is 3. The monoisotopic (exact) mass is 355 g/mol. The third kappa shape index (κ3) is 2.49. The highest BCUT2D eigenvalue weighted by atomic mass is 19.1. The number of furan rings is 1. The predicted octanol–water partition coefficient (Wildman–Crippen LogP) is 6.16. The number of nitrogens with zero attached hydrogens (tertiary/aromatic N) is 2. The van der Waals surface area contributed by atoms with Crippen molar-refractivity contribution in [2.24, 2.45) is 0 Å². The van der Waals surface area contributed by atoms with Gasteiger partial charge >= 0.3 is 0 Å². The van der Waals surface area contributed by atoms with Gasteiger partial charge in [0.2, 0.25) is 0 Å². The molecule has 4 heteroatoms. The normalized spacial score (nSPS) is 11.9. The first kappa shape index (κ1) is 14.6. The van der Waals surface area contributed by atoms with E-state index in [2.05, 4.69) is 4.98 Å². The van der Waals surface area contributed by atoms with Gasteiger partial charge in [-0.2, -0.15) is 0 Å². The summed E-state index contributed by atoms with van der Waals surface area (Å²) in [5, 5.41) is 0.904. The van der Waals surface area contributed by atoms with Gasteiger partial charge in [-0.05, 0) is 48.4 Å². The van der Waals surface area contributed by atoms with Crippen LogP contribution in [0, 0.1) is 12.7 Å². The van der Waals surface area contributed by atoms with Crippen LogP contribution in [0.3, 0.4) is 0 Å². The van der Waals surface area contributed by atoms with Crippen LogP contribution < -0.4 is 0 Å². The number of hydrogen-bond acceptors (Lipinski definition) is 3. The fourth-order valence-electron chi connectivity index (χ4n) is 3.42. The Hall–Kier alpha value is -3.53. The van der Waals surface area contributed by atoms with Crippen LogP contribution in [0.15, 0.2) is 77.5 Å². The molecule has 3 heterocycles. The van der Waals surface area contributed by atoms with Crippen LogP contribution in [-0.4, -0.2) is 9.97 Å². The number of aromatic nitrogens is 2. The minimum Gasteiger partial charge on any atom is -0.454 e. The van der Waals surface area contributed by atoms with Gasteiger partial charge < -0.3 is 4.42 Å². The van der Waals surface area contributed by atoms with Crippen LogP contribution in [0.25, 0.3) is 44.5 Å². The lowest BCUT2D eigenvalue weighted by Gasteiger charge is -2.11. The lowest BCUT2D eigenvalue weighted by molar-refractivity contribution is 0.631. The summed E-state index contributed by atoms with van der Waals surface area (Å²) in [6.07, 6.45) is 1.58. The molecule has 0 radical (unpaired) electrons. The standard InChI is InChI=1S/C23H15FN2O/c1-14-12-21-23(17-7-3-5-9-20(17)27-21)26-22(14)18-13-25-11-10-15(18)16-6-2-4-8-19(16)24/h2-13H,1H3/i13D. The zero-order chi connectivity index (χ0) is 19.3. The van der Waals surface area contributed by atoms with Gasteiger partial charge in [0.05, 0.1) is 7.06 Å². The van der Waals surface area contributed by atoms with Crippen molar-refractivity contribution >= 4 is 22.1 Å². The molecule has 5 rings (SSSR count). The number of halogens is 1. The highest BCUT2D eigenvalue weighted by Crippen LogP contribution is 2.36. The van der Waals surface area contributed by atoms with Crippen molar-refractivity contribution < 1.29 is 10.2 Å². The van der Waals surface area contributed by atoms with Crippen LogP contribution in [0.1, 0.15) is 6.93 Å². The molecule has 0 spiro atoms. The minimum atomic E-state index is -0.346. The molecule has 3 nitrogen and oxygen atoms in total. The van der Waals surface area contributed by atoms with Crippen molar-refractivity contribution in [1.29, 1.82) is 0 Å². The lowest BCUT2D eigenvalue weighted by atomic mass is 9.97. The summed E-state index contributed by atoms with van der Waals surface area (Å²) < 4.78 is 28.8. The molecule has 0 saturated carbocycles. The fraction of sp³-hybridized carbons (Fsp3) is 0.0435. The quantitative estimate of drug-likeness (QED) is 0.381. The van der Waals surface area contributed by atoms with E-state index in [-0.39, 0.29) is 12.0 Å². The Kier molecular flexibility index (Phi) is 3.26. The van der Waals surface area contributed by atoms with E-state index in [1.54, 1.807) is 24.3 Å². The maximum absolute atomic E-state index is 14.5. The van der Waals surface area contributed by atoms with E-state index < -0.39 is 0 Å². The molecule has 0 aliphatic rings. The van der Waals surface area contributed by atoms with E-state index in [0.29, 0.717) is 28.0 Å². The Morgan fingerprint density at radius 2 is 1.74 bits per heavy atom. The maximum atomic E-state index is 14.5. The molecular formula is C23H15FN2O. The topological polar surface area (TPSA) is 38.9 Å². The molecule has 130 valence electrons. The summed E-state index contributed by atoms with van der Waals surface area (Å²) in [6.45, 7) is 1.91. The molecule has 0 aliphatic heterocycles. The van der Waals surface area contributed by atoms with Crippen LogP contribution in [0.4, 0.5) is 4.39 Å². The van der Waals surface area contributed by atoms with Gasteiger partial charge in [0.1, 0.15) is 16.9 Å². The average Bonchev–Trinajstić information content (AvgIpc) is 3.05. The number of aryl methyl sites for hydroxylation is 1. The summed E-state index contributed by atoms with van der Waals surface area (Å²) >= 11 is 0. The van der Waals surface area contributed by atoms with Crippen molar-refractivity contribution in [3.63, 3.8) is 0 Å². The van der Waals surface area contributed by atoms with E-state index in [1.807, 2.05) is 37.3 Å². The van der Waals surface area contributed by atoms with Gasteiger partial charge in [-0.15, -0.1) is 0 Å². The Bertz CT molecular complexity index is 1360. The molecule has 0 amide bonds. The molecule has 0 saturated heterocycles. The van der Waals surface area contributed by atoms with Gasteiger partial charge in [-0.1, -0.05) is 30.3 Å². The largest absolute Gasteiger partial charge is 0.454 e. The Balaban J connectivity index is 1.85. The number of para-hydroxylation sites is 1. The maximum Gasteiger partial charge on any atom is 0.154 e. The van der Waals surface area contributed by atoms with Crippen LogP contribution in [0.2, 0.25) is 0 Å². The first-order chi connectivity index (χ1) is 13.6. The SMILES string of the molecule is [2H]c1nccc(-c2ccccc2F)c1-c1nc2c(cc1C)oc1ccccc12. The summed E-state index contributed by atoms with van der Waals surface area (Å²) in [5.74, 6) is -0.346. The Morgan fingerprint density at radius 1 is 0.926 bits per heavy atom. The van der Waals surface area contributed by atoms with E-state index in [4.69, 9.17) is 10.8 Å². The third-order valence-corrected chi connectivity index (χ3v) is 4.70. The fourth-order valence-corrected chi connectivity index (χ4v) is 3.42. The number of hydrogen-bond donors (Lipinski definition) is 0. The van der Waals surface area contributed by atoms with Gasteiger partial charge in [0.15, 0.2) is 5.58 Å². The number of pyridine rings is 2. The predicted molar refractivity (Wildman–Crippen MR) is 105 cm³/mol. The Labute approximate surface area is 156 Å². The smallest absolute Gasteiger partial charge is 0.154 e. The summed E-state index contributed by atoms with van der Waals surface area (Å²) in [7, 11) is 0. The van der Waals surface area contributed by atoms with Crippen molar-refractivity contribution in [3.05, 3.63) is 84.4 Å². The Morgan fingerprint density at radius 3 is 2.63 bits per heavy atom. The molecule has 27 heavy (non-hydrogen) atoms. The van der Waals surface area contributed by atoms with E-state index in [9.17, 15) is 4.39 Å². The van der Waals surface area contributed by atoms with Gasteiger partial charge in [0.25, 0.3) is 0 Å². The zero-order valence-electron chi connectivity index (χ0n) is 15.5. The molecule has 0 aliphatic carbocycles. The van der Waals surface area contributed by atoms with Gasteiger partial charge in [-0.3, -0.25) is 4.98 Å². The first-order valence-corrected chi connectivity index (χ1v) is 8.63. The average molecular weight is 355 g/mol. The van der Waals surface area contributed by atoms with E-state index in [1.165, 1.54) is 12.3 Å². The van der Waals surface area contributed by atoms with Crippen molar-refractivity contribution in [3.8, 4) is 22.4 Å². The van der Waals surface area contributed by atoms with Gasteiger partial charge in [0, 0.05) is 28.9 Å². The second-order valence-corrected chi connectivity index (χ2v) is 6.42. The second kappa shape index (κ2) is 6.02. The molecular weight excluding hydrogens is 339 g/mol. The molecule has 0 bridgehead atoms. The zero-order valence-corrected chi connectivity index (χ0v) is 14.5.